The Labute approximate surface area is 197 Å². The van der Waals surface area contributed by atoms with E-state index in [0.717, 1.165) is 43.0 Å². The van der Waals surface area contributed by atoms with Gasteiger partial charge in [0.1, 0.15) is 5.75 Å². The van der Waals surface area contributed by atoms with E-state index in [1.807, 2.05) is 55.5 Å². The lowest BCUT2D eigenvalue weighted by Crippen LogP contribution is -2.45. The standard InChI is InChI=1S/C24H27N9O/c1-16-8-9-18(14-20(16)34)25-22-27-23(29-24(28-22)33-12-10-32(2)11-13-33)26-21-15-19(30-31-21)17-6-4-3-5-7-17/h3-9,14-15,34H,10-13H2,1-2H3,(H3,25,26,27,28,29,30,31). The van der Waals surface area contributed by atoms with Crippen molar-refractivity contribution in [3.05, 3.63) is 60.2 Å². The monoisotopic (exact) mass is 457 g/mol. The molecule has 1 aliphatic rings. The number of aryl methyl sites for hydroxylation is 1. The van der Waals surface area contributed by atoms with E-state index in [9.17, 15) is 5.11 Å². The quantitative estimate of drug-likeness (QED) is 0.345. The second kappa shape index (κ2) is 9.36. The van der Waals surface area contributed by atoms with Crippen molar-refractivity contribution in [2.45, 2.75) is 6.92 Å². The van der Waals surface area contributed by atoms with Crippen LogP contribution in [0.2, 0.25) is 0 Å². The van der Waals surface area contributed by atoms with Crippen LogP contribution in [0.15, 0.2) is 54.6 Å². The molecule has 4 aromatic rings. The van der Waals surface area contributed by atoms with Crippen LogP contribution in [-0.2, 0) is 0 Å². The molecule has 0 aliphatic carbocycles. The molecule has 10 heteroatoms. The zero-order valence-electron chi connectivity index (χ0n) is 19.2. The van der Waals surface area contributed by atoms with Crippen LogP contribution >= 0.6 is 0 Å². The maximum atomic E-state index is 10.1. The zero-order valence-corrected chi connectivity index (χ0v) is 19.2. The molecule has 5 rings (SSSR count). The summed E-state index contributed by atoms with van der Waals surface area (Å²) in [6.07, 6.45) is 0. The van der Waals surface area contributed by atoms with Gasteiger partial charge in [0.25, 0.3) is 0 Å². The van der Waals surface area contributed by atoms with Crippen LogP contribution in [0.3, 0.4) is 0 Å². The Hall–Kier alpha value is -4.18. The first kappa shape index (κ1) is 21.7. The summed E-state index contributed by atoms with van der Waals surface area (Å²) in [6.45, 7) is 5.37. The molecule has 10 nitrogen and oxygen atoms in total. The first-order chi connectivity index (χ1) is 16.5. The number of nitrogens with one attached hydrogen (secondary N) is 3. The molecule has 34 heavy (non-hydrogen) atoms. The van der Waals surface area contributed by atoms with Crippen molar-refractivity contribution in [1.82, 2.24) is 30.0 Å². The molecule has 0 amide bonds. The zero-order chi connectivity index (χ0) is 23.5. The largest absolute Gasteiger partial charge is 0.508 e. The second-order valence-corrected chi connectivity index (χ2v) is 8.36. The average Bonchev–Trinajstić information content (AvgIpc) is 3.31. The second-order valence-electron chi connectivity index (χ2n) is 8.36. The van der Waals surface area contributed by atoms with Gasteiger partial charge in [-0.15, -0.1) is 0 Å². The summed E-state index contributed by atoms with van der Waals surface area (Å²) < 4.78 is 0. The highest BCUT2D eigenvalue weighted by Crippen LogP contribution is 2.25. The molecular formula is C24H27N9O. The van der Waals surface area contributed by atoms with Gasteiger partial charge in [-0.1, -0.05) is 36.4 Å². The number of aromatic nitrogens is 5. The highest BCUT2D eigenvalue weighted by Gasteiger charge is 2.19. The van der Waals surface area contributed by atoms with Crippen molar-refractivity contribution >= 4 is 29.4 Å². The molecule has 1 saturated heterocycles. The number of phenolic OH excluding ortho intramolecular Hbond substituents is 1. The molecule has 4 N–H and O–H groups in total. The number of rotatable bonds is 6. The highest BCUT2D eigenvalue weighted by atomic mass is 16.3. The van der Waals surface area contributed by atoms with Crippen LogP contribution in [0, 0.1) is 6.92 Å². The smallest absolute Gasteiger partial charge is 0.235 e. The Balaban J connectivity index is 1.43. The van der Waals surface area contributed by atoms with Gasteiger partial charge in [0.05, 0.1) is 5.69 Å². The molecule has 0 saturated carbocycles. The molecule has 0 radical (unpaired) electrons. The summed E-state index contributed by atoms with van der Waals surface area (Å²) >= 11 is 0. The number of piperazine rings is 1. The summed E-state index contributed by atoms with van der Waals surface area (Å²) in [4.78, 5) is 18.3. The number of phenols is 1. The van der Waals surface area contributed by atoms with E-state index < -0.39 is 0 Å². The van der Waals surface area contributed by atoms with Gasteiger partial charge in [-0.25, -0.2) is 0 Å². The Kier molecular flexibility index (Phi) is 5.96. The third-order valence-electron chi connectivity index (χ3n) is 5.78. The van der Waals surface area contributed by atoms with Crippen LogP contribution in [0.25, 0.3) is 11.3 Å². The topological polar surface area (TPSA) is 118 Å². The normalized spacial score (nSPS) is 14.2. The Morgan fingerprint density at radius 2 is 1.62 bits per heavy atom. The number of hydrogen-bond acceptors (Lipinski definition) is 9. The lowest BCUT2D eigenvalue weighted by atomic mass is 10.2. The van der Waals surface area contributed by atoms with Crippen molar-refractivity contribution in [3.63, 3.8) is 0 Å². The molecular weight excluding hydrogens is 430 g/mol. The lowest BCUT2D eigenvalue weighted by Gasteiger charge is -2.32. The first-order valence-corrected chi connectivity index (χ1v) is 11.2. The molecule has 0 spiro atoms. The van der Waals surface area contributed by atoms with Gasteiger partial charge in [-0.05, 0) is 31.2 Å². The molecule has 0 atom stereocenters. The number of anilines is 5. The fraction of sp³-hybridized carbons (Fsp3) is 0.250. The van der Waals surface area contributed by atoms with Gasteiger partial charge in [-0.3, -0.25) is 5.10 Å². The maximum Gasteiger partial charge on any atom is 0.235 e. The number of likely N-dealkylation sites (N-methyl/N-ethyl adjacent to an activating group) is 1. The van der Waals surface area contributed by atoms with E-state index in [0.29, 0.717) is 29.4 Å². The first-order valence-electron chi connectivity index (χ1n) is 11.2. The van der Waals surface area contributed by atoms with Gasteiger partial charge >= 0.3 is 0 Å². The fourth-order valence-corrected chi connectivity index (χ4v) is 3.71. The number of aromatic amines is 1. The highest BCUT2D eigenvalue weighted by molar-refractivity contribution is 5.65. The van der Waals surface area contributed by atoms with Gasteiger partial charge in [0, 0.05) is 44.0 Å². The third kappa shape index (κ3) is 4.91. The number of nitrogens with zero attached hydrogens (tertiary/aromatic N) is 6. The van der Waals surface area contributed by atoms with Crippen molar-refractivity contribution in [3.8, 4) is 17.0 Å². The molecule has 1 aliphatic heterocycles. The fourth-order valence-electron chi connectivity index (χ4n) is 3.71. The van der Waals surface area contributed by atoms with Crippen molar-refractivity contribution in [2.75, 3.05) is 48.8 Å². The maximum absolute atomic E-state index is 10.1. The van der Waals surface area contributed by atoms with Crippen molar-refractivity contribution in [2.24, 2.45) is 0 Å². The predicted octanol–water partition coefficient (Wildman–Crippen LogP) is 3.51. The van der Waals surface area contributed by atoms with E-state index >= 15 is 0 Å². The van der Waals surface area contributed by atoms with Crippen LogP contribution in [0.1, 0.15) is 5.56 Å². The molecule has 0 unspecified atom stereocenters. The number of H-pyrrole nitrogens is 1. The molecule has 1 fully saturated rings. The molecule has 174 valence electrons. The van der Waals surface area contributed by atoms with Crippen LogP contribution in [0.4, 0.5) is 29.4 Å². The average molecular weight is 458 g/mol. The van der Waals surface area contributed by atoms with E-state index in [1.54, 1.807) is 6.07 Å². The van der Waals surface area contributed by atoms with Gasteiger partial charge in [0.2, 0.25) is 17.8 Å². The molecule has 2 aromatic carbocycles. The Bertz CT molecular complexity index is 1270. The Morgan fingerprint density at radius 3 is 2.35 bits per heavy atom. The Morgan fingerprint density at radius 1 is 0.882 bits per heavy atom. The number of benzene rings is 2. The molecule has 2 aromatic heterocycles. The lowest BCUT2D eigenvalue weighted by molar-refractivity contribution is 0.311. The minimum Gasteiger partial charge on any atom is -0.508 e. The van der Waals surface area contributed by atoms with E-state index in [2.05, 4.69) is 52.6 Å². The van der Waals surface area contributed by atoms with Crippen molar-refractivity contribution in [1.29, 1.82) is 0 Å². The third-order valence-corrected chi connectivity index (χ3v) is 5.78. The minimum atomic E-state index is 0.210. The van der Waals surface area contributed by atoms with Crippen molar-refractivity contribution < 1.29 is 5.11 Å². The SMILES string of the molecule is Cc1ccc(Nc2nc(Nc3cc(-c4ccccc4)[nH]n3)nc(N3CCN(C)CC3)n2)cc1O. The van der Waals surface area contributed by atoms with E-state index in [-0.39, 0.29) is 5.75 Å². The van der Waals surface area contributed by atoms with Gasteiger partial charge < -0.3 is 25.5 Å². The summed E-state index contributed by atoms with van der Waals surface area (Å²) in [5.41, 5.74) is 3.42. The van der Waals surface area contributed by atoms with Crippen LogP contribution in [0.5, 0.6) is 5.75 Å². The minimum absolute atomic E-state index is 0.210. The van der Waals surface area contributed by atoms with E-state index in [1.165, 1.54) is 0 Å². The molecule has 3 heterocycles. The van der Waals surface area contributed by atoms with Crippen LogP contribution < -0.4 is 15.5 Å². The number of aromatic hydroxyl groups is 1. The van der Waals surface area contributed by atoms with Crippen LogP contribution in [-0.4, -0.2) is 68.4 Å². The summed E-state index contributed by atoms with van der Waals surface area (Å²) in [6, 6.07) is 17.3. The summed E-state index contributed by atoms with van der Waals surface area (Å²) in [7, 11) is 2.11. The summed E-state index contributed by atoms with van der Waals surface area (Å²) in [5, 5.41) is 23.9. The molecule has 0 bridgehead atoms. The van der Waals surface area contributed by atoms with E-state index in [4.69, 9.17) is 0 Å². The van der Waals surface area contributed by atoms with Gasteiger partial charge in [-0.2, -0.15) is 20.1 Å². The predicted molar refractivity (Wildman–Crippen MR) is 133 cm³/mol. The number of hydrogen-bond donors (Lipinski definition) is 4. The van der Waals surface area contributed by atoms with Gasteiger partial charge in [0.15, 0.2) is 5.82 Å². The summed E-state index contributed by atoms with van der Waals surface area (Å²) in [5.74, 6) is 2.17.